The van der Waals surface area contributed by atoms with Gasteiger partial charge in [-0.25, -0.2) is 0 Å². The first kappa shape index (κ1) is 34.6. The van der Waals surface area contributed by atoms with E-state index in [2.05, 4.69) is 59.0 Å². The number of benzene rings is 1. The Labute approximate surface area is 253 Å². The van der Waals surface area contributed by atoms with E-state index in [1.165, 1.54) is 83.5 Å². The number of hydrogen-bond acceptors (Lipinski definition) is 3. The van der Waals surface area contributed by atoms with E-state index in [1.807, 2.05) is 12.1 Å². The summed E-state index contributed by atoms with van der Waals surface area (Å²) in [5, 5.41) is 9.53. The largest absolute Gasteiger partial charge is 0.481 e. The van der Waals surface area contributed by atoms with E-state index in [-0.39, 0.29) is 11.9 Å². The average Bonchev–Trinajstić information content (AvgIpc) is 2.86. The molecule has 0 radical (unpaired) electrons. The molecule has 0 spiro atoms. The maximum Gasteiger partial charge on any atom is 0.311 e. The Morgan fingerprint density at radius 1 is 0.730 bits per heavy atom. The number of aliphatic carboxylic acids is 1. The maximum atomic E-state index is 12.4. The third kappa shape index (κ3) is 17.0. The average molecular weight is 741 g/mol. The van der Waals surface area contributed by atoms with E-state index in [1.54, 1.807) is 0 Å². The second-order valence-electron chi connectivity index (χ2n) is 10.4. The molecule has 1 aromatic rings. The molecule has 0 aliphatic rings. The van der Waals surface area contributed by atoms with Crippen molar-refractivity contribution in [1.29, 1.82) is 0 Å². The van der Waals surface area contributed by atoms with Crippen LogP contribution in [-0.2, 0) is 16.0 Å². The monoisotopic (exact) mass is 740 g/mol. The van der Waals surface area contributed by atoms with Crippen molar-refractivity contribution in [2.24, 2.45) is 5.92 Å². The molecule has 37 heavy (non-hydrogen) atoms. The highest BCUT2D eigenvalue weighted by molar-refractivity contribution is 14.1. The Morgan fingerprint density at radius 3 is 1.59 bits per heavy atom. The van der Waals surface area contributed by atoms with Crippen molar-refractivity contribution < 1.29 is 19.4 Å². The lowest BCUT2D eigenvalue weighted by atomic mass is 9.94. The second-order valence-corrected chi connectivity index (χ2v) is 12.8. The molecule has 0 fully saturated rings. The van der Waals surface area contributed by atoms with Gasteiger partial charge in [0.2, 0.25) is 0 Å². The SMILES string of the molecule is CCCCCCCCCCCCCCCCCC(=O)Oc1c(I)cc(CC(CCCC)C(=O)O)cc1I. The lowest BCUT2D eigenvalue weighted by molar-refractivity contribution is -0.142. The molecule has 1 N–H and O–H groups in total. The number of carboxylic acids is 1. The lowest BCUT2D eigenvalue weighted by Crippen LogP contribution is -2.17. The fourth-order valence-corrected chi connectivity index (χ4v) is 6.80. The molecule has 1 atom stereocenters. The molecule has 1 unspecified atom stereocenters. The van der Waals surface area contributed by atoms with E-state index in [0.717, 1.165) is 38.4 Å². The number of halogens is 2. The molecule has 1 aromatic carbocycles. The van der Waals surface area contributed by atoms with Gasteiger partial charge in [0.15, 0.2) is 5.75 Å². The van der Waals surface area contributed by atoms with Gasteiger partial charge in [-0.05, 0) is 82.1 Å². The van der Waals surface area contributed by atoms with E-state index in [0.29, 0.717) is 25.0 Å². The van der Waals surface area contributed by atoms with Gasteiger partial charge in [-0.3, -0.25) is 9.59 Å². The van der Waals surface area contributed by atoms with Crippen molar-refractivity contribution in [2.45, 2.75) is 142 Å². The molecule has 6 heteroatoms. The van der Waals surface area contributed by atoms with Gasteiger partial charge in [0, 0.05) is 6.42 Å². The summed E-state index contributed by atoms with van der Waals surface area (Å²) >= 11 is 4.38. The summed E-state index contributed by atoms with van der Waals surface area (Å²) in [6, 6.07) is 3.92. The third-order valence-electron chi connectivity index (χ3n) is 7.00. The summed E-state index contributed by atoms with van der Waals surface area (Å²) in [4.78, 5) is 24.0. The van der Waals surface area contributed by atoms with Crippen LogP contribution in [0.1, 0.15) is 141 Å². The van der Waals surface area contributed by atoms with Crippen LogP contribution in [0, 0.1) is 13.1 Å². The smallest absolute Gasteiger partial charge is 0.311 e. The van der Waals surface area contributed by atoms with Crippen molar-refractivity contribution in [3.8, 4) is 5.75 Å². The minimum absolute atomic E-state index is 0.176. The van der Waals surface area contributed by atoms with Gasteiger partial charge in [-0.15, -0.1) is 0 Å². The first-order valence-electron chi connectivity index (χ1n) is 14.8. The third-order valence-corrected chi connectivity index (χ3v) is 8.60. The summed E-state index contributed by atoms with van der Waals surface area (Å²) in [6.45, 7) is 4.35. The quantitative estimate of drug-likeness (QED) is 0.0525. The molecule has 0 amide bonds. The molecule has 1 rings (SSSR count). The van der Waals surface area contributed by atoms with Crippen LogP contribution >= 0.6 is 45.2 Å². The second kappa shape index (κ2) is 22.4. The van der Waals surface area contributed by atoms with E-state index < -0.39 is 5.97 Å². The first-order chi connectivity index (χ1) is 17.9. The van der Waals surface area contributed by atoms with Gasteiger partial charge in [0.1, 0.15) is 0 Å². The van der Waals surface area contributed by atoms with Gasteiger partial charge in [-0.2, -0.15) is 0 Å². The fraction of sp³-hybridized carbons (Fsp3) is 0.742. The zero-order valence-corrected chi connectivity index (χ0v) is 27.6. The number of esters is 1. The van der Waals surface area contributed by atoms with Crippen LogP contribution in [0.4, 0.5) is 0 Å². The van der Waals surface area contributed by atoms with E-state index >= 15 is 0 Å². The highest BCUT2D eigenvalue weighted by Gasteiger charge is 2.20. The number of hydrogen-bond donors (Lipinski definition) is 1. The Balaban J connectivity index is 2.19. The lowest BCUT2D eigenvalue weighted by Gasteiger charge is -2.15. The van der Waals surface area contributed by atoms with E-state index in [4.69, 9.17) is 4.74 Å². The van der Waals surface area contributed by atoms with Gasteiger partial charge in [0.25, 0.3) is 0 Å². The van der Waals surface area contributed by atoms with Crippen LogP contribution in [0.15, 0.2) is 12.1 Å². The highest BCUT2D eigenvalue weighted by atomic mass is 127. The summed E-state index contributed by atoms with van der Waals surface area (Å²) in [7, 11) is 0. The number of ether oxygens (including phenoxy) is 1. The Bertz CT molecular complexity index is 743. The number of carbonyl (C=O) groups is 2. The summed E-state index contributed by atoms with van der Waals surface area (Å²) in [5.41, 5.74) is 0.986. The molecular formula is C31H50I2O4. The van der Waals surface area contributed by atoms with Crippen LogP contribution in [0.2, 0.25) is 0 Å². The zero-order chi connectivity index (χ0) is 27.3. The molecule has 0 aliphatic heterocycles. The van der Waals surface area contributed by atoms with Crippen molar-refractivity contribution >= 4 is 57.1 Å². The van der Waals surface area contributed by atoms with E-state index in [9.17, 15) is 14.7 Å². The summed E-state index contributed by atoms with van der Waals surface area (Å²) in [6.07, 6.45) is 23.1. The first-order valence-corrected chi connectivity index (χ1v) is 17.0. The highest BCUT2D eigenvalue weighted by Crippen LogP contribution is 2.31. The minimum atomic E-state index is -0.738. The molecular weight excluding hydrogens is 690 g/mol. The summed E-state index contributed by atoms with van der Waals surface area (Å²) in [5.74, 6) is -0.677. The van der Waals surface area contributed by atoms with Crippen molar-refractivity contribution in [2.75, 3.05) is 0 Å². The molecule has 0 saturated carbocycles. The Kier molecular flexibility index (Phi) is 21.0. The normalized spacial score (nSPS) is 12.0. The molecule has 0 aliphatic carbocycles. The van der Waals surface area contributed by atoms with Crippen molar-refractivity contribution in [1.82, 2.24) is 0 Å². The van der Waals surface area contributed by atoms with Crippen LogP contribution in [0.25, 0.3) is 0 Å². The molecule has 0 aromatic heterocycles. The van der Waals surface area contributed by atoms with Crippen LogP contribution in [0.5, 0.6) is 5.75 Å². The predicted molar refractivity (Wildman–Crippen MR) is 171 cm³/mol. The van der Waals surface area contributed by atoms with Gasteiger partial charge < -0.3 is 9.84 Å². The molecule has 212 valence electrons. The maximum absolute atomic E-state index is 12.4. The molecule has 0 bridgehead atoms. The zero-order valence-electron chi connectivity index (χ0n) is 23.3. The minimum Gasteiger partial charge on any atom is -0.481 e. The van der Waals surface area contributed by atoms with Gasteiger partial charge >= 0.3 is 11.9 Å². The van der Waals surface area contributed by atoms with Crippen molar-refractivity contribution in [3.05, 3.63) is 24.8 Å². The number of carboxylic acid groups (broad SMARTS) is 1. The Morgan fingerprint density at radius 2 is 1.16 bits per heavy atom. The van der Waals surface area contributed by atoms with Gasteiger partial charge in [-0.1, -0.05) is 117 Å². The Hall–Kier alpha value is -0.380. The summed E-state index contributed by atoms with van der Waals surface area (Å²) < 4.78 is 7.43. The van der Waals surface area contributed by atoms with Crippen molar-refractivity contribution in [3.63, 3.8) is 0 Å². The van der Waals surface area contributed by atoms with Crippen LogP contribution in [0.3, 0.4) is 0 Å². The predicted octanol–water partition coefficient (Wildman–Crippen LogP) is 10.5. The van der Waals surface area contributed by atoms with Crippen LogP contribution in [-0.4, -0.2) is 17.0 Å². The van der Waals surface area contributed by atoms with Gasteiger partial charge in [0.05, 0.1) is 13.1 Å². The number of carbonyl (C=O) groups excluding carboxylic acids is 1. The standard InChI is InChI=1S/C31H50I2O4/c1-3-5-7-8-9-10-11-12-13-14-15-16-17-18-19-21-29(34)37-30-27(32)23-25(24-28(30)33)22-26(31(35)36)20-6-4-2/h23-24,26H,3-22H2,1-2H3,(H,35,36). The molecule has 4 nitrogen and oxygen atoms in total. The molecule has 0 heterocycles. The van der Waals surface area contributed by atoms with Crippen LogP contribution < -0.4 is 4.74 Å². The molecule has 0 saturated heterocycles. The number of unbranched alkanes of at least 4 members (excludes halogenated alkanes) is 15. The fourth-order valence-electron chi connectivity index (χ4n) is 4.68. The topological polar surface area (TPSA) is 63.6 Å². The number of rotatable bonds is 23.